The molecule has 118 valence electrons. The standard InChI is InChI=1S/C21H22O2/c1-3-16(2)17-8-11-20(12-9-17)22-15-23-21-13-10-18-6-4-5-7-19(18)14-21/h4-14,16H,3,15H2,1-2H3. The number of hydrogen-bond acceptors (Lipinski definition) is 2. The second kappa shape index (κ2) is 7.19. The lowest BCUT2D eigenvalue weighted by Gasteiger charge is -2.11. The van der Waals surface area contributed by atoms with Crippen molar-refractivity contribution < 1.29 is 9.47 Å². The van der Waals surface area contributed by atoms with Crippen molar-refractivity contribution in [3.8, 4) is 11.5 Å². The minimum Gasteiger partial charge on any atom is -0.458 e. The highest BCUT2D eigenvalue weighted by Gasteiger charge is 2.03. The zero-order valence-electron chi connectivity index (χ0n) is 13.7. The molecule has 0 bridgehead atoms. The lowest BCUT2D eigenvalue weighted by Crippen LogP contribution is -2.05. The van der Waals surface area contributed by atoms with Gasteiger partial charge in [-0.05, 0) is 52.9 Å². The number of ether oxygens (including phenoxy) is 2. The predicted octanol–water partition coefficient (Wildman–Crippen LogP) is 5.77. The Morgan fingerprint density at radius 1 is 0.783 bits per heavy atom. The normalized spacial score (nSPS) is 12.1. The van der Waals surface area contributed by atoms with Gasteiger partial charge in [0, 0.05) is 0 Å². The van der Waals surface area contributed by atoms with E-state index in [4.69, 9.17) is 9.47 Å². The first kappa shape index (κ1) is 15.4. The third-order valence-corrected chi connectivity index (χ3v) is 4.23. The maximum absolute atomic E-state index is 5.69. The zero-order chi connectivity index (χ0) is 16.1. The average Bonchev–Trinajstić information content (AvgIpc) is 2.61. The summed E-state index contributed by atoms with van der Waals surface area (Å²) in [4.78, 5) is 0. The van der Waals surface area contributed by atoms with Gasteiger partial charge in [-0.15, -0.1) is 0 Å². The Kier molecular flexibility index (Phi) is 4.82. The van der Waals surface area contributed by atoms with E-state index in [1.807, 2.05) is 36.4 Å². The molecule has 1 unspecified atom stereocenters. The van der Waals surface area contributed by atoms with Crippen molar-refractivity contribution in [1.29, 1.82) is 0 Å². The molecule has 3 aromatic rings. The Hall–Kier alpha value is -2.48. The van der Waals surface area contributed by atoms with E-state index < -0.39 is 0 Å². The minimum absolute atomic E-state index is 0.209. The van der Waals surface area contributed by atoms with Crippen molar-refractivity contribution in [2.75, 3.05) is 6.79 Å². The van der Waals surface area contributed by atoms with E-state index in [2.05, 4.69) is 44.2 Å². The van der Waals surface area contributed by atoms with Gasteiger partial charge in [0.1, 0.15) is 11.5 Å². The summed E-state index contributed by atoms with van der Waals surface area (Å²) in [6, 6.07) is 22.6. The van der Waals surface area contributed by atoms with Crippen LogP contribution in [0.3, 0.4) is 0 Å². The molecule has 2 heteroatoms. The first-order valence-electron chi connectivity index (χ1n) is 8.10. The van der Waals surface area contributed by atoms with Crippen LogP contribution in [-0.4, -0.2) is 6.79 Å². The summed E-state index contributed by atoms with van der Waals surface area (Å²) in [5.74, 6) is 2.23. The van der Waals surface area contributed by atoms with Crippen LogP contribution in [0.5, 0.6) is 11.5 Å². The molecule has 0 heterocycles. The van der Waals surface area contributed by atoms with Gasteiger partial charge >= 0.3 is 0 Å². The quantitative estimate of drug-likeness (QED) is 0.538. The second-order valence-corrected chi connectivity index (χ2v) is 5.79. The Balaban J connectivity index is 1.57. The van der Waals surface area contributed by atoms with Crippen molar-refractivity contribution in [3.63, 3.8) is 0 Å². The van der Waals surface area contributed by atoms with Crippen LogP contribution < -0.4 is 9.47 Å². The van der Waals surface area contributed by atoms with E-state index in [1.54, 1.807) is 0 Å². The van der Waals surface area contributed by atoms with E-state index in [0.717, 1.165) is 17.9 Å². The fourth-order valence-electron chi connectivity index (χ4n) is 2.55. The fourth-order valence-corrected chi connectivity index (χ4v) is 2.55. The lowest BCUT2D eigenvalue weighted by atomic mass is 9.99. The first-order valence-corrected chi connectivity index (χ1v) is 8.10. The van der Waals surface area contributed by atoms with Crippen molar-refractivity contribution in [2.24, 2.45) is 0 Å². The summed E-state index contributed by atoms with van der Waals surface area (Å²) in [6.07, 6.45) is 1.14. The van der Waals surface area contributed by atoms with Gasteiger partial charge in [-0.3, -0.25) is 0 Å². The molecule has 0 aliphatic rings. The molecule has 0 aromatic heterocycles. The molecule has 0 amide bonds. The van der Waals surface area contributed by atoms with Gasteiger partial charge in [0.05, 0.1) is 0 Å². The maximum Gasteiger partial charge on any atom is 0.230 e. The molecule has 0 saturated carbocycles. The van der Waals surface area contributed by atoms with Crippen molar-refractivity contribution >= 4 is 10.8 Å². The van der Waals surface area contributed by atoms with E-state index in [9.17, 15) is 0 Å². The molecule has 3 aromatic carbocycles. The molecule has 23 heavy (non-hydrogen) atoms. The van der Waals surface area contributed by atoms with Crippen LogP contribution in [-0.2, 0) is 0 Å². The van der Waals surface area contributed by atoms with Gasteiger partial charge in [-0.25, -0.2) is 0 Å². The third kappa shape index (κ3) is 3.84. The predicted molar refractivity (Wildman–Crippen MR) is 95.2 cm³/mol. The third-order valence-electron chi connectivity index (χ3n) is 4.23. The summed E-state index contributed by atoms with van der Waals surface area (Å²) < 4.78 is 11.4. The van der Waals surface area contributed by atoms with Crippen molar-refractivity contribution in [3.05, 3.63) is 72.3 Å². The largest absolute Gasteiger partial charge is 0.458 e. The van der Waals surface area contributed by atoms with E-state index in [0.29, 0.717) is 5.92 Å². The summed E-state index contributed by atoms with van der Waals surface area (Å²) in [5, 5.41) is 2.38. The number of hydrogen-bond donors (Lipinski definition) is 0. The molecule has 0 saturated heterocycles. The van der Waals surface area contributed by atoms with Crippen LogP contribution in [0.2, 0.25) is 0 Å². The highest BCUT2D eigenvalue weighted by atomic mass is 16.7. The number of rotatable bonds is 6. The summed E-state index contributed by atoms with van der Waals surface area (Å²) in [6.45, 7) is 4.65. The monoisotopic (exact) mass is 306 g/mol. The molecule has 0 aliphatic carbocycles. The maximum atomic E-state index is 5.69. The van der Waals surface area contributed by atoms with Gasteiger partial charge in [0.25, 0.3) is 0 Å². The van der Waals surface area contributed by atoms with E-state index in [-0.39, 0.29) is 6.79 Å². The molecule has 0 aliphatic heterocycles. The zero-order valence-corrected chi connectivity index (χ0v) is 13.7. The summed E-state index contributed by atoms with van der Waals surface area (Å²) >= 11 is 0. The molecule has 0 N–H and O–H groups in total. The number of fused-ring (bicyclic) bond motifs is 1. The van der Waals surface area contributed by atoms with Crippen LogP contribution in [0, 0.1) is 0 Å². The smallest absolute Gasteiger partial charge is 0.230 e. The number of benzene rings is 3. The molecule has 0 spiro atoms. The van der Waals surface area contributed by atoms with Gasteiger partial charge < -0.3 is 9.47 Å². The average molecular weight is 306 g/mol. The second-order valence-electron chi connectivity index (χ2n) is 5.79. The molecule has 0 fully saturated rings. The van der Waals surface area contributed by atoms with Crippen LogP contribution in [0.25, 0.3) is 10.8 Å². The van der Waals surface area contributed by atoms with E-state index >= 15 is 0 Å². The van der Waals surface area contributed by atoms with Crippen LogP contribution in [0.1, 0.15) is 31.7 Å². The van der Waals surface area contributed by atoms with Gasteiger partial charge in [0.15, 0.2) is 0 Å². The van der Waals surface area contributed by atoms with Crippen LogP contribution in [0.4, 0.5) is 0 Å². The Morgan fingerprint density at radius 2 is 1.43 bits per heavy atom. The molecule has 0 radical (unpaired) electrons. The minimum atomic E-state index is 0.209. The molecule has 3 rings (SSSR count). The summed E-state index contributed by atoms with van der Waals surface area (Å²) in [5.41, 5.74) is 1.34. The van der Waals surface area contributed by atoms with Gasteiger partial charge in [-0.2, -0.15) is 0 Å². The fraction of sp³-hybridized carbons (Fsp3) is 0.238. The SMILES string of the molecule is CCC(C)c1ccc(OCOc2ccc3ccccc3c2)cc1. The Bertz CT molecular complexity index is 762. The van der Waals surface area contributed by atoms with Crippen LogP contribution >= 0.6 is 0 Å². The van der Waals surface area contributed by atoms with Gasteiger partial charge in [-0.1, -0.05) is 56.3 Å². The lowest BCUT2D eigenvalue weighted by molar-refractivity contribution is 0.120. The molecule has 1 atom stereocenters. The Labute approximate surface area is 137 Å². The Morgan fingerprint density at radius 3 is 2.17 bits per heavy atom. The van der Waals surface area contributed by atoms with Gasteiger partial charge in [0.2, 0.25) is 6.79 Å². The molecule has 2 nitrogen and oxygen atoms in total. The van der Waals surface area contributed by atoms with Crippen molar-refractivity contribution in [2.45, 2.75) is 26.2 Å². The van der Waals surface area contributed by atoms with Crippen LogP contribution in [0.15, 0.2) is 66.7 Å². The highest BCUT2D eigenvalue weighted by molar-refractivity contribution is 5.83. The van der Waals surface area contributed by atoms with Crippen molar-refractivity contribution in [1.82, 2.24) is 0 Å². The highest BCUT2D eigenvalue weighted by Crippen LogP contribution is 2.23. The van der Waals surface area contributed by atoms with E-state index in [1.165, 1.54) is 16.3 Å². The summed E-state index contributed by atoms with van der Waals surface area (Å²) in [7, 11) is 0. The topological polar surface area (TPSA) is 18.5 Å². The molecular formula is C21H22O2. The first-order chi connectivity index (χ1) is 11.3. The molecular weight excluding hydrogens is 284 g/mol.